The van der Waals surface area contributed by atoms with E-state index in [1.165, 1.54) is 26.4 Å². The maximum atomic E-state index is 10.8. The Bertz CT molecular complexity index is 458. The highest BCUT2D eigenvalue weighted by atomic mass is 32.2. The van der Waals surface area contributed by atoms with Gasteiger partial charge in [-0.3, -0.25) is 0 Å². The Morgan fingerprint density at radius 2 is 1.56 bits per heavy atom. The molecule has 1 rings (SSSR count). The molecule has 0 atom stereocenters. The molecule has 90 valence electrons. The van der Waals surface area contributed by atoms with Crippen LogP contribution in [0.5, 0.6) is 17.2 Å². The Labute approximate surface area is 94.2 Å². The predicted molar refractivity (Wildman–Crippen MR) is 58.0 cm³/mol. The van der Waals surface area contributed by atoms with E-state index in [4.69, 9.17) is 14.6 Å². The molecule has 1 aromatic rings. The first-order chi connectivity index (χ1) is 7.37. The zero-order chi connectivity index (χ0) is 12.3. The summed E-state index contributed by atoms with van der Waals surface area (Å²) in [6, 6.07) is 2.84. The van der Waals surface area contributed by atoms with Gasteiger partial charge in [-0.05, 0) is 6.92 Å². The molecule has 0 bridgehead atoms. The summed E-state index contributed by atoms with van der Waals surface area (Å²) in [4.78, 5) is 0. The van der Waals surface area contributed by atoms with Crippen LogP contribution in [0.2, 0.25) is 0 Å². The van der Waals surface area contributed by atoms with Gasteiger partial charge in [0.2, 0.25) is 0 Å². The van der Waals surface area contributed by atoms with Gasteiger partial charge in [-0.1, -0.05) is 0 Å². The van der Waals surface area contributed by atoms with Crippen LogP contribution in [-0.4, -0.2) is 22.6 Å². The Morgan fingerprint density at radius 1 is 1.12 bits per heavy atom. The van der Waals surface area contributed by atoms with Crippen molar-refractivity contribution in [3.05, 3.63) is 17.7 Å². The number of hydrogen-bond donors (Lipinski definition) is 1. The molecule has 0 amide bonds. The fourth-order valence-electron chi connectivity index (χ4n) is 1.24. The fourth-order valence-corrected chi connectivity index (χ4v) is 1.61. The lowest BCUT2D eigenvalue weighted by Gasteiger charge is -2.11. The molecule has 16 heavy (non-hydrogen) atoms. The Kier molecular flexibility index (Phi) is 3.61. The van der Waals surface area contributed by atoms with E-state index >= 15 is 0 Å². The van der Waals surface area contributed by atoms with E-state index in [-0.39, 0.29) is 5.75 Å². The van der Waals surface area contributed by atoms with Gasteiger partial charge in [0.1, 0.15) is 11.5 Å². The third kappa shape index (κ3) is 3.01. The number of methoxy groups -OCH3 is 2. The van der Waals surface area contributed by atoms with Crippen molar-refractivity contribution in [2.75, 3.05) is 14.2 Å². The molecule has 0 saturated heterocycles. The molecule has 0 aliphatic carbocycles. The second-order valence-corrected chi connectivity index (χ2v) is 4.18. The van der Waals surface area contributed by atoms with Crippen LogP contribution < -0.4 is 18.8 Å². The molecule has 0 heterocycles. The molecule has 0 radical (unpaired) electrons. The SMILES string of the molecule is COc1cc(OS(N)(=O)=O)cc(OC)c1C. The quantitative estimate of drug-likeness (QED) is 0.841. The average molecular weight is 247 g/mol. The van der Waals surface area contributed by atoms with Crippen molar-refractivity contribution in [2.45, 2.75) is 6.92 Å². The number of hydrogen-bond acceptors (Lipinski definition) is 5. The van der Waals surface area contributed by atoms with Crippen molar-refractivity contribution in [2.24, 2.45) is 5.14 Å². The molecule has 0 spiro atoms. The van der Waals surface area contributed by atoms with Crippen molar-refractivity contribution in [3.8, 4) is 17.2 Å². The van der Waals surface area contributed by atoms with Crippen LogP contribution in [0, 0.1) is 6.92 Å². The maximum absolute atomic E-state index is 10.8. The summed E-state index contributed by atoms with van der Waals surface area (Å²) >= 11 is 0. The summed E-state index contributed by atoms with van der Waals surface area (Å²) in [5.41, 5.74) is 0.742. The second kappa shape index (κ2) is 4.58. The van der Waals surface area contributed by atoms with Crippen LogP contribution >= 0.6 is 0 Å². The van der Waals surface area contributed by atoms with E-state index in [0.29, 0.717) is 11.5 Å². The number of rotatable bonds is 4. The minimum Gasteiger partial charge on any atom is -0.496 e. The molecule has 2 N–H and O–H groups in total. The lowest BCUT2D eigenvalue weighted by atomic mass is 10.2. The zero-order valence-corrected chi connectivity index (χ0v) is 10.00. The van der Waals surface area contributed by atoms with Crippen LogP contribution in [0.15, 0.2) is 12.1 Å². The molecule has 1 aromatic carbocycles. The topological polar surface area (TPSA) is 87.9 Å². The van der Waals surface area contributed by atoms with Gasteiger partial charge in [-0.25, -0.2) is 0 Å². The van der Waals surface area contributed by atoms with Crippen molar-refractivity contribution in [3.63, 3.8) is 0 Å². The number of ether oxygens (including phenoxy) is 2. The molecule has 0 aromatic heterocycles. The molecule has 0 fully saturated rings. The standard InChI is InChI=1S/C9H13NO5S/c1-6-8(13-2)4-7(5-9(6)14-3)15-16(10,11)12/h4-5H,1-3H3,(H2,10,11,12). The Hall–Kier alpha value is -1.47. The Morgan fingerprint density at radius 3 is 1.88 bits per heavy atom. The van der Waals surface area contributed by atoms with Crippen molar-refractivity contribution in [1.29, 1.82) is 0 Å². The van der Waals surface area contributed by atoms with E-state index in [0.717, 1.165) is 5.56 Å². The molecule has 0 saturated carbocycles. The van der Waals surface area contributed by atoms with E-state index in [2.05, 4.69) is 4.18 Å². The van der Waals surface area contributed by atoms with Crippen molar-refractivity contribution >= 4 is 10.3 Å². The normalized spacial score (nSPS) is 11.0. The molecule has 0 aliphatic rings. The summed E-state index contributed by atoms with van der Waals surface area (Å²) < 4.78 is 36.1. The highest BCUT2D eigenvalue weighted by Crippen LogP contribution is 2.33. The first-order valence-electron chi connectivity index (χ1n) is 4.32. The van der Waals surface area contributed by atoms with Gasteiger partial charge < -0.3 is 13.7 Å². The highest BCUT2D eigenvalue weighted by molar-refractivity contribution is 7.84. The highest BCUT2D eigenvalue weighted by Gasteiger charge is 2.12. The number of nitrogens with two attached hydrogens (primary N) is 1. The predicted octanol–water partition coefficient (Wildman–Crippen LogP) is 0.595. The number of benzene rings is 1. The molecule has 7 heteroatoms. The van der Waals surface area contributed by atoms with E-state index in [1.54, 1.807) is 6.92 Å². The minimum atomic E-state index is -4.05. The lowest BCUT2D eigenvalue weighted by Crippen LogP contribution is -2.19. The first-order valence-corrected chi connectivity index (χ1v) is 5.79. The maximum Gasteiger partial charge on any atom is 0.380 e. The smallest absolute Gasteiger partial charge is 0.380 e. The van der Waals surface area contributed by atoms with Gasteiger partial charge in [0.05, 0.1) is 14.2 Å². The van der Waals surface area contributed by atoms with Crippen LogP contribution in [-0.2, 0) is 10.3 Å². The van der Waals surface area contributed by atoms with E-state index < -0.39 is 10.3 Å². The van der Waals surface area contributed by atoms with Crippen molar-refractivity contribution < 1.29 is 22.1 Å². The lowest BCUT2D eigenvalue weighted by molar-refractivity contribution is 0.384. The summed E-state index contributed by atoms with van der Waals surface area (Å²) in [6.07, 6.45) is 0. The van der Waals surface area contributed by atoms with Crippen LogP contribution in [0.3, 0.4) is 0 Å². The molecule has 0 aliphatic heterocycles. The van der Waals surface area contributed by atoms with Gasteiger partial charge in [-0.2, -0.15) is 13.6 Å². The van der Waals surface area contributed by atoms with E-state index in [9.17, 15) is 8.42 Å². The van der Waals surface area contributed by atoms with Crippen LogP contribution in [0.1, 0.15) is 5.56 Å². The van der Waals surface area contributed by atoms with Gasteiger partial charge >= 0.3 is 10.3 Å². The third-order valence-corrected chi connectivity index (χ3v) is 2.36. The van der Waals surface area contributed by atoms with Crippen LogP contribution in [0.25, 0.3) is 0 Å². The molecular formula is C9H13NO5S. The summed E-state index contributed by atoms with van der Waals surface area (Å²) in [5, 5.41) is 4.76. The Balaban J connectivity index is 3.22. The van der Waals surface area contributed by atoms with E-state index in [1.807, 2.05) is 0 Å². The summed E-state index contributed by atoms with van der Waals surface area (Å²) in [5.74, 6) is 0.956. The molecule has 6 nitrogen and oxygen atoms in total. The third-order valence-electron chi connectivity index (χ3n) is 1.94. The van der Waals surface area contributed by atoms with Crippen LogP contribution in [0.4, 0.5) is 0 Å². The zero-order valence-electron chi connectivity index (χ0n) is 9.18. The van der Waals surface area contributed by atoms with Crippen molar-refractivity contribution in [1.82, 2.24) is 0 Å². The average Bonchev–Trinajstić information content (AvgIpc) is 2.18. The fraction of sp³-hybridized carbons (Fsp3) is 0.333. The monoisotopic (exact) mass is 247 g/mol. The summed E-state index contributed by atoms with van der Waals surface area (Å²) in [6.45, 7) is 1.78. The first kappa shape index (κ1) is 12.6. The van der Waals surface area contributed by atoms with Gasteiger partial charge in [0.25, 0.3) is 0 Å². The largest absolute Gasteiger partial charge is 0.496 e. The molecule has 0 unspecified atom stereocenters. The molecular weight excluding hydrogens is 234 g/mol. The van der Waals surface area contributed by atoms with Gasteiger partial charge in [0, 0.05) is 17.7 Å². The summed E-state index contributed by atoms with van der Waals surface area (Å²) in [7, 11) is -1.13. The minimum absolute atomic E-state index is 0.0433. The second-order valence-electron chi connectivity index (χ2n) is 3.03. The van der Waals surface area contributed by atoms with Gasteiger partial charge in [-0.15, -0.1) is 0 Å². The van der Waals surface area contributed by atoms with Gasteiger partial charge in [0.15, 0.2) is 5.75 Å².